The molecule has 0 atom stereocenters. The topological polar surface area (TPSA) is 55.3 Å². The predicted octanol–water partition coefficient (Wildman–Crippen LogP) is 5.38. The Morgan fingerprint density at radius 3 is 2.31 bits per heavy atom. The third-order valence-electron chi connectivity index (χ3n) is 6.88. The maximum absolute atomic E-state index is 12.9. The van der Waals surface area contributed by atoms with Gasteiger partial charge in [-0.25, -0.2) is 9.97 Å². The van der Waals surface area contributed by atoms with E-state index in [4.69, 9.17) is 9.72 Å². The number of ether oxygens (including phenoxy) is 1. The number of ketones is 1. The second-order valence-electron chi connectivity index (χ2n) is 9.33. The van der Waals surface area contributed by atoms with Crippen LogP contribution in [0.4, 0.5) is 5.82 Å². The Hall–Kier alpha value is -3.21. The second kappa shape index (κ2) is 7.73. The molecule has 1 spiro atoms. The van der Waals surface area contributed by atoms with Crippen molar-refractivity contribution in [1.29, 1.82) is 0 Å². The van der Waals surface area contributed by atoms with Crippen molar-refractivity contribution in [2.75, 3.05) is 18.0 Å². The van der Waals surface area contributed by atoms with Crippen molar-refractivity contribution in [3.05, 3.63) is 70.5 Å². The van der Waals surface area contributed by atoms with E-state index in [1.807, 2.05) is 26.0 Å². The molecule has 3 heterocycles. The fourth-order valence-electron chi connectivity index (χ4n) is 4.76. The van der Waals surface area contributed by atoms with Crippen molar-refractivity contribution in [3.63, 3.8) is 0 Å². The number of aryl methyl sites for hydroxylation is 4. The van der Waals surface area contributed by atoms with Crippen LogP contribution in [0.2, 0.25) is 0 Å². The summed E-state index contributed by atoms with van der Waals surface area (Å²) in [5.41, 5.74) is 5.88. The lowest BCUT2D eigenvalue weighted by molar-refractivity contribution is 0.0230. The molecule has 0 bridgehead atoms. The highest BCUT2D eigenvalue weighted by Crippen LogP contribution is 2.41. The van der Waals surface area contributed by atoms with Gasteiger partial charge in [-0.2, -0.15) is 0 Å². The van der Waals surface area contributed by atoms with Gasteiger partial charge < -0.3 is 9.64 Å². The van der Waals surface area contributed by atoms with Gasteiger partial charge in [0.05, 0.1) is 17.7 Å². The molecule has 32 heavy (non-hydrogen) atoms. The zero-order chi connectivity index (χ0) is 22.5. The van der Waals surface area contributed by atoms with Crippen LogP contribution in [0.25, 0.3) is 11.3 Å². The van der Waals surface area contributed by atoms with Crippen LogP contribution in [0.5, 0.6) is 5.75 Å². The number of fused-ring (bicyclic) bond motifs is 1. The zero-order valence-electron chi connectivity index (χ0n) is 19.2. The summed E-state index contributed by atoms with van der Waals surface area (Å²) in [6.07, 6.45) is 2.05. The summed E-state index contributed by atoms with van der Waals surface area (Å²) in [5.74, 6) is 2.65. The lowest BCUT2D eigenvalue weighted by Crippen LogP contribution is -2.51. The Morgan fingerprint density at radius 2 is 1.59 bits per heavy atom. The van der Waals surface area contributed by atoms with Gasteiger partial charge in [0.2, 0.25) is 0 Å². The van der Waals surface area contributed by atoms with Crippen LogP contribution in [-0.2, 0) is 0 Å². The van der Waals surface area contributed by atoms with E-state index in [1.54, 1.807) is 0 Å². The van der Waals surface area contributed by atoms with Gasteiger partial charge in [-0.05, 0) is 51.0 Å². The minimum Gasteiger partial charge on any atom is -0.486 e. The number of Topliss-reactive ketones (excluding diaryl/α,β-unsaturated/α-hetero) is 1. The monoisotopic (exact) mass is 427 g/mol. The molecule has 3 aromatic rings. The Labute approximate surface area is 189 Å². The zero-order valence-corrected chi connectivity index (χ0v) is 19.2. The fourth-order valence-corrected chi connectivity index (χ4v) is 4.76. The van der Waals surface area contributed by atoms with Crippen molar-refractivity contribution >= 4 is 11.6 Å². The van der Waals surface area contributed by atoms with E-state index >= 15 is 0 Å². The summed E-state index contributed by atoms with van der Waals surface area (Å²) >= 11 is 0. The molecule has 0 radical (unpaired) electrons. The summed E-state index contributed by atoms with van der Waals surface area (Å²) in [5, 5.41) is 0. The molecule has 164 valence electrons. The van der Waals surface area contributed by atoms with Crippen LogP contribution in [-0.4, -0.2) is 34.4 Å². The Morgan fingerprint density at radius 1 is 0.906 bits per heavy atom. The van der Waals surface area contributed by atoms with Crippen LogP contribution in [0.3, 0.4) is 0 Å². The lowest BCUT2D eigenvalue weighted by atomic mass is 9.82. The molecule has 1 saturated heterocycles. The molecular weight excluding hydrogens is 398 g/mol. The first-order valence-corrected chi connectivity index (χ1v) is 11.3. The second-order valence-corrected chi connectivity index (χ2v) is 9.33. The molecule has 1 aromatic heterocycles. The first kappa shape index (κ1) is 20.7. The Kier molecular flexibility index (Phi) is 5.00. The van der Waals surface area contributed by atoms with E-state index in [-0.39, 0.29) is 5.78 Å². The third kappa shape index (κ3) is 3.77. The highest BCUT2D eigenvalue weighted by Gasteiger charge is 2.43. The molecule has 2 aliphatic rings. The first-order valence-electron chi connectivity index (χ1n) is 11.3. The van der Waals surface area contributed by atoms with Gasteiger partial charge in [0.1, 0.15) is 23.0 Å². The van der Waals surface area contributed by atoms with E-state index in [0.717, 1.165) is 71.3 Å². The van der Waals surface area contributed by atoms with Gasteiger partial charge in [-0.15, -0.1) is 0 Å². The molecule has 5 rings (SSSR count). The largest absolute Gasteiger partial charge is 0.486 e. The van der Waals surface area contributed by atoms with E-state index < -0.39 is 5.60 Å². The summed E-state index contributed by atoms with van der Waals surface area (Å²) in [4.78, 5) is 24.6. The summed E-state index contributed by atoms with van der Waals surface area (Å²) < 4.78 is 6.50. The van der Waals surface area contributed by atoms with Gasteiger partial charge in [0.15, 0.2) is 5.78 Å². The van der Waals surface area contributed by atoms with Crippen LogP contribution < -0.4 is 9.64 Å². The Balaban J connectivity index is 1.36. The molecule has 0 amide bonds. The summed E-state index contributed by atoms with van der Waals surface area (Å²) in [6.45, 7) is 9.74. The molecule has 0 saturated carbocycles. The Bertz CT molecular complexity index is 1190. The highest BCUT2D eigenvalue weighted by molar-refractivity contribution is 6.00. The van der Waals surface area contributed by atoms with Crippen LogP contribution in [0, 0.1) is 27.7 Å². The minimum atomic E-state index is -0.413. The number of hydrogen-bond donors (Lipinski definition) is 0. The first-order chi connectivity index (χ1) is 15.3. The number of rotatable bonds is 2. The average molecular weight is 428 g/mol. The number of carbonyl (C=O) groups excluding carboxylic acids is 1. The molecule has 0 N–H and O–H groups in total. The normalized spacial score (nSPS) is 17.2. The number of piperidine rings is 1. The number of nitrogens with zero attached hydrogens (tertiary/aromatic N) is 3. The minimum absolute atomic E-state index is 0.197. The maximum Gasteiger partial charge on any atom is 0.170 e. The van der Waals surface area contributed by atoms with Crippen molar-refractivity contribution in [2.45, 2.75) is 52.6 Å². The molecule has 1 fully saturated rings. The van der Waals surface area contributed by atoms with E-state index in [9.17, 15) is 4.79 Å². The van der Waals surface area contributed by atoms with Crippen LogP contribution in [0.1, 0.15) is 52.1 Å². The maximum atomic E-state index is 12.9. The molecule has 2 aliphatic heterocycles. The smallest absolute Gasteiger partial charge is 0.170 e. The number of hydrogen-bond acceptors (Lipinski definition) is 5. The van der Waals surface area contributed by atoms with Crippen LogP contribution in [0.15, 0.2) is 42.5 Å². The van der Waals surface area contributed by atoms with Crippen molar-refractivity contribution in [3.8, 4) is 17.0 Å². The number of aromatic nitrogens is 2. The van der Waals surface area contributed by atoms with Crippen molar-refractivity contribution in [2.24, 2.45) is 0 Å². The fraction of sp³-hybridized carbons (Fsp3) is 0.370. The molecule has 5 heteroatoms. The van der Waals surface area contributed by atoms with Gasteiger partial charge in [-0.3, -0.25) is 4.79 Å². The summed E-state index contributed by atoms with van der Waals surface area (Å²) in [6, 6.07) is 14.5. The number of carbonyl (C=O) groups is 1. The molecular formula is C27H29N3O2. The van der Waals surface area contributed by atoms with Crippen molar-refractivity contribution < 1.29 is 9.53 Å². The van der Waals surface area contributed by atoms with E-state index in [1.165, 1.54) is 5.56 Å². The molecule has 0 unspecified atom stereocenters. The van der Waals surface area contributed by atoms with Crippen LogP contribution >= 0.6 is 0 Å². The molecule has 0 aliphatic carbocycles. The van der Waals surface area contributed by atoms with E-state index in [0.29, 0.717) is 6.42 Å². The van der Waals surface area contributed by atoms with E-state index in [2.05, 4.69) is 54.1 Å². The lowest BCUT2D eigenvalue weighted by Gasteiger charge is -2.44. The SMILES string of the molecule is Cc1ccc(-c2cc(N3CCC4(CC3)CC(=O)c3cc(C)c(C)cc3O4)nc(C)n2)cc1. The average Bonchev–Trinajstić information content (AvgIpc) is 2.76. The standard InChI is InChI=1S/C27H29N3O2/c1-17-5-7-21(8-6-17)23-15-26(29-20(4)28-23)30-11-9-27(10-12-30)16-24(31)22-13-18(2)19(3)14-25(22)32-27/h5-8,13-15H,9-12,16H2,1-4H3. The van der Waals surface area contributed by atoms with Gasteiger partial charge in [0.25, 0.3) is 0 Å². The predicted molar refractivity (Wildman–Crippen MR) is 127 cm³/mol. The quantitative estimate of drug-likeness (QED) is 0.549. The van der Waals surface area contributed by atoms with Gasteiger partial charge in [0, 0.05) is 37.6 Å². The molecule has 5 nitrogen and oxygen atoms in total. The highest BCUT2D eigenvalue weighted by atomic mass is 16.5. The van der Waals surface area contributed by atoms with Gasteiger partial charge >= 0.3 is 0 Å². The third-order valence-corrected chi connectivity index (χ3v) is 6.88. The van der Waals surface area contributed by atoms with Gasteiger partial charge in [-0.1, -0.05) is 29.8 Å². The van der Waals surface area contributed by atoms with Crippen molar-refractivity contribution in [1.82, 2.24) is 9.97 Å². The number of benzene rings is 2. The number of anilines is 1. The molecule has 2 aromatic carbocycles. The summed E-state index contributed by atoms with van der Waals surface area (Å²) in [7, 11) is 0.